The summed E-state index contributed by atoms with van der Waals surface area (Å²) in [6.45, 7) is 7.06. The van der Waals surface area contributed by atoms with Gasteiger partial charge in [0.1, 0.15) is 0 Å². The Bertz CT molecular complexity index is 764. The summed E-state index contributed by atoms with van der Waals surface area (Å²) in [7, 11) is 1.82. The molecule has 1 atom stereocenters. The predicted molar refractivity (Wildman–Crippen MR) is 130 cm³/mol. The van der Waals surface area contributed by atoms with Crippen LogP contribution in [0.3, 0.4) is 0 Å². The highest BCUT2D eigenvalue weighted by Crippen LogP contribution is 2.28. The average Bonchev–Trinajstić information content (AvgIpc) is 3.28. The molecule has 1 aromatic carbocycles. The van der Waals surface area contributed by atoms with Crippen LogP contribution in [0.15, 0.2) is 39.1 Å². The van der Waals surface area contributed by atoms with Crippen LogP contribution in [-0.4, -0.2) is 37.1 Å². The molecule has 1 aliphatic heterocycles. The second-order valence-electron chi connectivity index (χ2n) is 6.78. The number of aromatic nitrogens is 1. The molecule has 1 aliphatic rings. The van der Waals surface area contributed by atoms with Gasteiger partial charge in [-0.25, -0.2) is 4.98 Å². The summed E-state index contributed by atoms with van der Waals surface area (Å²) in [5, 5.41) is 10.2. The Labute approximate surface area is 191 Å². The zero-order valence-electron chi connectivity index (χ0n) is 15.9. The Morgan fingerprint density at radius 3 is 2.85 bits per heavy atom. The summed E-state index contributed by atoms with van der Waals surface area (Å²) in [5.74, 6) is 1.32. The lowest BCUT2D eigenvalue weighted by Gasteiger charge is -2.21. The number of hydrogen-bond donors (Lipinski definition) is 2. The van der Waals surface area contributed by atoms with Crippen LogP contribution in [0, 0.1) is 0 Å². The van der Waals surface area contributed by atoms with Crippen molar-refractivity contribution >= 4 is 62.9 Å². The monoisotopic (exact) mass is 563 g/mol. The van der Waals surface area contributed by atoms with Crippen LogP contribution in [0.25, 0.3) is 0 Å². The van der Waals surface area contributed by atoms with Crippen molar-refractivity contribution in [2.45, 2.75) is 38.8 Å². The molecule has 27 heavy (non-hydrogen) atoms. The van der Waals surface area contributed by atoms with E-state index < -0.39 is 0 Å². The first kappa shape index (κ1) is 22.4. The normalized spacial score (nSPS) is 17.1. The quantitative estimate of drug-likeness (QED) is 0.317. The highest BCUT2D eigenvalue weighted by atomic mass is 127. The number of guanidine groups is 1. The van der Waals surface area contributed by atoms with Gasteiger partial charge < -0.3 is 15.5 Å². The topological polar surface area (TPSA) is 52.6 Å². The molecular weight excluding hydrogens is 537 g/mol. The molecule has 2 heterocycles. The zero-order valence-corrected chi connectivity index (χ0v) is 20.6. The van der Waals surface area contributed by atoms with E-state index in [0.717, 1.165) is 35.6 Å². The van der Waals surface area contributed by atoms with E-state index in [1.54, 1.807) is 11.3 Å². The Morgan fingerprint density at radius 2 is 2.19 bits per heavy atom. The van der Waals surface area contributed by atoms with Gasteiger partial charge in [-0.05, 0) is 34.5 Å². The summed E-state index contributed by atoms with van der Waals surface area (Å²) >= 11 is 5.38. The maximum absolute atomic E-state index is 4.67. The van der Waals surface area contributed by atoms with Crippen molar-refractivity contribution in [2.75, 3.05) is 25.0 Å². The first-order chi connectivity index (χ1) is 12.6. The Kier molecular flexibility index (Phi) is 8.81. The van der Waals surface area contributed by atoms with Gasteiger partial charge in [-0.15, -0.1) is 35.3 Å². The number of nitrogens with zero attached hydrogens (tertiary/aromatic N) is 3. The molecule has 0 amide bonds. The summed E-state index contributed by atoms with van der Waals surface area (Å²) in [5.41, 5.74) is 2.33. The second-order valence-corrected chi connectivity index (χ2v) is 8.53. The summed E-state index contributed by atoms with van der Waals surface area (Å²) in [6.07, 6.45) is 1.09. The number of para-hydroxylation sites is 1. The van der Waals surface area contributed by atoms with Crippen LogP contribution in [0.5, 0.6) is 0 Å². The van der Waals surface area contributed by atoms with Crippen LogP contribution in [-0.2, 0) is 6.54 Å². The molecule has 0 bridgehead atoms. The average molecular weight is 564 g/mol. The number of anilines is 1. The third-order valence-corrected chi connectivity index (χ3v) is 6.31. The van der Waals surface area contributed by atoms with E-state index in [-0.39, 0.29) is 24.0 Å². The standard InChI is InChI=1S/C19H26BrN5S.HI/c1-13(2)18-23-15(12-26-18)10-22-19(21-3)24-14-8-9-25(11-14)17-7-5-4-6-16(17)20;/h4-7,12-14H,8-11H2,1-3H3,(H2,21,22,24);1H. The van der Waals surface area contributed by atoms with Crippen LogP contribution in [0.4, 0.5) is 5.69 Å². The van der Waals surface area contributed by atoms with Gasteiger partial charge in [-0.2, -0.15) is 0 Å². The molecule has 8 heteroatoms. The molecule has 1 unspecified atom stereocenters. The predicted octanol–water partition coefficient (Wildman–Crippen LogP) is 4.59. The third kappa shape index (κ3) is 6.05. The molecule has 3 rings (SSSR count). The third-order valence-electron chi connectivity index (χ3n) is 4.45. The van der Waals surface area contributed by atoms with E-state index in [1.807, 2.05) is 13.1 Å². The SMILES string of the molecule is CN=C(NCc1csc(C(C)C)n1)NC1CCN(c2ccccc2Br)C1.I. The smallest absolute Gasteiger partial charge is 0.191 e. The van der Waals surface area contributed by atoms with Crippen LogP contribution < -0.4 is 15.5 Å². The number of nitrogens with one attached hydrogen (secondary N) is 2. The molecular formula is C19H27BrIN5S. The highest BCUT2D eigenvalue weighted by Gasteiger charge is 2.24. The molecule has 1 fully saturated rings. The first-order valence-corrected chi connectivity index (χ1v) is 10.6. The largest absolute Gasteiger partial charge is 0.368 e. The van der Waals surface area contributed by atoms with Gasteiger partial charge in [0.05, 0.1) is 22.9 Å². The van der Waals surface area contributed by atoms with Crippen molar-refractivity contribution in [3.05, 3.63) is 44.8 Å². The Morgan fingerprint density at radius 1 is 1.41 bits per heavy atom. The van der Waals surface area contributed by atoms with E-state index in [0.29, 0.717) is 18.5 Å². The molecule has 2 N–H and O–H groups in total. The number of halogens is 2. The fraction of sp³-hybridized carbons (Fsp3) is 0.474. The van der Waals surface area contributed by atoms with Crippen molar-refractivity contribution < 1.29 is 0 Å². The minimum atomic E-state index is 0. The van der Waals surface area contributed by atoms with Gasteiger partial charge in [-0.3, -0.25) is 4.99 Å². The van der Waals surface area contributed by atoms with Crippen molar-refractivity contribution in [3.8, 4) is 0 Å². The van der Waals surface area contributed by atoms with E-state index >= 15 is 0 Å². The van der Waals surface area contributed by atoms with E-state index in [2.05, 4.69) is 78.9 Å². The van der Waals surface area contributed by atoms with E-state index in [4.69, 9.17) is 0 Å². The summed E-state index contributed by atoms with van der Waals surface area (Å²) < 4.78 is 1.15. The number of hydrogen-bond acceptors (Lipinski definition) is 4. The summed E-state index contributed by atoms with van der Waals surface area (Å²) in [6, 6.07) is 8.77. The Balaban J connectivity index is 0.00000261. The first-order valence-electron chi connectivity index (χ1n) is 8.97. The van der Waals surface area contributed by atoms with Crippen LogP contribution in [0.2, 0.25) is 0 Å². The van der Waals surface area contributed by atoms with Crippen LogP contribution in [0.1, 0.15) is 36.9 Å². The van der Waals surface area contributed by atoms with Gasteiger partial charge in [0.2, 0.25) is 0 Å². The van der Waals surface area contributed by atoms with Gasteiger partial charge in [-0.1, -0.05) is 26.0 Å². The molecule has 2 aromatic rings. The van der Waals surface area contributed by atoms with Crippen molar-refractivity contribution in [1.29, 1.82) is 0 Å². The Hall–Kier alpha value is -0.870. The van der Waals surface area contributed by atoms with Gasteiger partial charge in [0, 0.05) is 41.9 Å². The fourth-order valence-corrected chi connectivity index (χ4v) is 4.41. The molecule has 5 nitrogen and oxygen atoms in total. The lowest BCUT2D eigenvalue weighted by molar-refractivity contribution is 0.647. The maximum Gasteiger partial charge on any atom is 0.191 e. The highest BCUT2D eigenvalue weighted by molar-refractivity contribution is 14.0. The van der Waals surface area contributed by atoms with E-state index in [1.165, 1.54) is 10.7 Å². The molecule has 0 radical (unpaired) electrons. The lowest BCUT2D eigenvalue weighted by atomic mass is 10.2. The lowest BCUT2D eigenvalue weighted by Crippen LogP contribution is -2.44. The van der Waals surface area contributed by atoms with E-state index in [9.17, 15) is 0 Å². The van der Waals surface area contributed by atoms with Crippen molar-refractivity contribution in [1.82, 2.24) is 15.6 Å². The molecule has 0 aliphatic carbocycles. The molecule has 0 saturated carbocycles. The number of thiazole rings is 1. The van der Waals surface area contributed by atoms with Gasteiger partial charge >= 0.3 is 0 Å². The van der Waals surface area contributed by atoms with Crippen molar-refractivity contribution in [2.24, 2.45) is 4.99 Å². The van der Waals surface area contributed by atoms with Crippen molar-refractivity contribution in [3.63, 3.8) is 0 Å². The van der Waals surface area contributed by atoms with Crippen LogP contribution >= 0.6 is 51.2 Å². The molecule has 1 aromatic heterocycles. The molecule has 1 saturated heterocycles. The fourth-order valence-electron chi connectivity index (χ4n) is 3.04. The minimum Gasteiger partial charge on any atom is -0.368 e. The molecule has 148 valence electrons. The molecule has 0 spiro atoms. The van der Waals surface area contributed by atoms with Gasteiger partial charge in [0.15, 0.2) is 5.96 Å². The maximum atomic E-state index is 4.67. The summed E-state index contributed by atoms with van der Waals surface area (Å²) in [4.78, 5) is 11.4. The number of aliphatic imine (C=N–C) groups is 1. The number of benzene rings is 1. The zero-order chi connectivity index (χ0) is 18.5. The van der Waals surface area contributed by atoms with Gasteiger partial charge in [0.25, 0.3) is 0 Å². The number of rotatable bonds is 5. The minimum absolute atomic E-state index is 0. The second kappa shape index (κ2) is 10.6.